The summed E-state index contributed by atoms with van der Waals surface area (Å²) < 4.78 is 12.0. The number of carbonyl (C=O) groups is 1. The first-order chi connectivity index (χ1) is 10.1. The molecule has 1 aromatic heterocycles. The van der Waals surface area contributed by atoms with Crippen LogP contribution in [0.3, 0.4) is 0 Å². The molecule has 0 fully saturated rings. The Bertz CT molecular complexity index is 711. The van der Waals surface area contributed by atoms with Crippen LogP contribution in [0.4, 0.5) is 0 Å². The number of benzene rings is 1. The van der Waals surface area contributed by atoms with E-state index in [9.17, 15) is 9.90 Å². The highest BCUT2D eigenvalue weighted by molar-refractivity contribution is 6.33. The van der Waals surface area contributed by atoms with Crippen LogP contribution < -0.4 is 9.47 Å². The molecule has 2 heterocycles. The molecule has 6 nitrogen and oxygen atoms in total. The topological polar surface area (TPSA) is 73.6 Å². The smallest absolute Gasteiger partial charge is 0.340 e. The third-order valence-electron chi connectivity index (χ3n) is 3.20. The summed E-state index contributed by atoms with van der Waals surface area (Å²) in [7, 11) is 0. The number of carboxylic acids is 1. The van der Waals surface area contributed by atoms with Gasteiger partial charge in [0.1, 0.15) is 10.7 Å². The van der Waals surface area contributed by atoms with Crippen LogP contribution in [0.25, 0.3) is 5.69 Å². The Kier molecular flexibility index (Phi) is 3.47. The third kappa shape index (κ3) is 2.31. The van der Waals surface area contributed by atoms with Crippen molar-refractivity contribution >= 4 is 17.6 Å². The summed E-state index contributed by atoms with van der Waals surface area (Å²) in [6.07, 6.45) is 1.34. The fraction of sp³-hybridized carbons (Fsp3) is 0.286. The Balaban J connectivity index is 2.10. The van der Waals surface area contributed by atoms with Gasteiger partial charge in [-0.3, -0.25) is 0 Å². The highest BCUT2D eigenvalue weighted by Crippen LogP contribution is 2.35. The minimum Gasteiger partial charge on any atom is -0.478 e. The molecule has 1 aliphatic heterocycles. The van der Waals surface area contributed by atoms with E-state index in [1.165, 1.54) is 4.68 Å². The fourth-order valence-electron chi connectivity index (χ4n) is 2.25. The van der Waals surface area contributed by atoms with Crippen molar-refractivity contribution in [1.82, 2.24) is 9.78 Å². The Hall–Kier alpha value is -2.21. The quantitative estimate of drug-likeness (QED) is 0.940. The minimum absolute atomic E-state index is 0.0520. The highest BCUT2D eigenvalue weighted by Gasteiger charge is 2.23. The van der Waals surface area contributed by atoms with E-state index in [1.54, 1.807) is 18.2 Å². The van der Waals surface area contributed by atoms with Crippen molar-refractivity contribution in [3.63, 3.8) is 0 Å². The molecule has 0 spiro atoms. The predicted octanol–water partition coefficient (Wildman–Crippen LogP) is 2.91. The Morgan fingerprint density at radius 3 is 2.90 bits per heavy atom. The van der Waals surface area contributed by atoms with Crippen LogP contribution in [0.2, 0.25) is 5.15 Å². The van der Waals surface area contributed by atoms with Gasteiger partial charge in [0.25, 0.3) is 0 Å². The normalized spacial score (nSPS) is 12.7. The van der Waals surface area contributed by atoms with Gasteiger partial charge in [-0.05, 0) is 18.6 Å². The lowest BCUT2D eigenvalue weighted by atomic mass is 10.2. The zero-order chi connectivity index (χ0) is 15.0. The van der Waals surface area contributed by atoms with Crippen LogP contribution >= 0.6 is 11.6 Å². The summed E-state index contributed by atoms with van der Waals surface area (Å²) >= 11 is 6.19. The van der Waals surface area contributed by atoms with Gasteiger partial charge in [0, 0.05) is 6.07 Å². The molecule has 0 amide bonds. The molecule has 0 bridgehead atoms. The summed E-state index contributed by atoms with van der Waals surface area (Å²) in [6.45, 7) is 2.13. The first-order valence-electron chi connectivity index (χ1n) is 6.52. The molecule has 1 aliphatic rings. The number of aryl methyl sites for hydroxylation is 1. The van der Waals surface area contributed by atoms with E-state index in [4.69, 9.17) is 21.1 Å². The first kappa shape index (κ1) is 13.8. The monoisotopic (exact) mass is 308 g/mol. The van der Waals surface area contributed by atoms with Gasteiger partial charge in [0.2, 0.25) is 6.79 Å². The number of hydrogen-bond donors (Lipinski definition) is 1. The molecule has 0 saturated heterocycles. The van der Waals surface area contributed by atoms with E-state index in [-0.39, 0.29) is 17.5 Å². The zero-order valence-electron chi connectivity index (χ0n) is 11.3. The van der Waals surface area contributed by atoms with Crippen molar-refractivity contribution in [2.45, 2.75) is 19.8 Å². The minimum atomic E-state index is -1.07. The van der Waals surface area contributed by atoms with Gasteiger partial charge in [0.05, 0.1) is 11.4 Å². The number of aromatic nitrogens is 2. The Morgan fingerprint density at radius 1 is 1.43 bits per heavy atom. The fourth-order valence-corrected chi connectivity index (χ4v) is 2.58. The van der Waals surface area contributed by atoms with E-state index in [0.717, 1.165) is 6.42 Å². The van der Waals surface area contributed by atoms with Crippen molar-refractivity contribution in [3.8, 4) is 17.2 Å². The molecule has 0 saturated carbocycles. The van der Waals surface area contributed by atoms with Crippen molar-refractivity contribution < 1.29 is 19.4 Å². The highest BCUT2D eigenvalue weighted by atomic mass is 35.5. The number of carboxylic acid groups (broad SMARTS) is 1. The number of ether oxygens (including phenoxy) is 2. The van der Waals surface area contributed by atoms with Crippen LogP contribution in [-0.4, -0.2) is 27.6 Å². The van der Waals surface area contributed by atoms with E-state index < -0.39 is 5.97 Å². The maximum Gasteiger partial charge on any atom is 0.340 e. The van der Waals surface area contributed by atoms with E-state index in [0.29, 0.717) is 29.3 Å². The lowest BCUT2D eigenvalue weighted by Gasteiger charge is -2.04. The van der Waals surface area contributed by atoms with Crippen LogP contribution in [0.1, 0.15) is 29.4 Å². The average molecular weight is 309 g/mol. The number of aromatic carboxylic acids is 1. The first-order valence-corrected chi connectivity index (χ1v) is 6.90. The van der Waals surface area contributed by atoms with Crippen LogP contribution in [0.5, 0.6) is 11.5 Å². The maximum absolute atomic E-state index is 11.4. The molecule has 2 aromatic rings. The van der Waals surface area contributed by atoms with Crippen molar-refractivity contribution in [1.29, 1.82) is 0 Å². The number of rotatable bonds is 4. The molecule has 1 aromatic carbocycles. The lowest BCUT2D eigenvalue weighted by molar-refractivity contribution is 0.0696. The Labute approximate surface area is 125 Å². The molecular weight excluding hydrogens is 296 g/mol. The number of halogens is 1. The molecule has 3 rings (SSSR count). The van der Waals surface area contributed by atoms with Gasteiger partial charge in [-0.1, -0.05) is 24.9 Å². The summed E-state index contributed by atoms with van der Waals surface area (Å²) in [6, 6.07) is 5.23. The second-order valence-electron chi connectivity index (χ2n) is 4.62. The zero-order valence-corrected chi connectivity index (χ0v) is 12.1. The molecule has 0 radical (unpaired) electrons. The Morgan fingerprint density at radius 2 is 2.19 bits per heavy atom. The number of nitrogens with zero attached hydrogens (tertiary/aromatic N) is 2. The van der Waals surface area contributed by atoms with Crippen molar-refractivity contribution in [2.75, 3.05) is 6.79 Å². The van der Waals surface area contributed by atoms with E-state index in [2.05, 4.69) is 5.10 Å². The summed E-state index contributed by atoms with van der Waals surface area (Å²) in [5.41, 5.74) is 1.16. The average Bonchev–Trinajstić information content (AvgIpc) is 3.02. The SMILES string of the molecule is CCCc1nn(-c2ccc3c(c2)OCO3)c(Cl)c1C(=O)O. The molecule has 0 aliphatic carbocycles. The maximum atomic E-state index is 11.4. The van der Waals surface area contributed by atoms with Crippen molar-refractivity contribution in [2.24, 2.45) is 0 Å². The molecule has 0 unspecified atom stereocenters. The molecule has 21 heavy (non-hydrogen) atoms. The molecule has 7 heteroatoms. The predicted molar refractivity (Wildman–Crippen MR) is 75.7 cm³/mol. The summed E-state index contributed by atoms with van der Waals surface area (Å²) in [5, 5.41) is 13.7. The second kappa shape index (κ2) is 5.29. The molecular formula is C14H13ClN2O4. The van der Waals surface area contributed by atoms with Gasteiger partial charge in [-0.25, -0.2) is 9.48 Å². The van der Waals surface area contributed by atoms with Crippen molar-refractivity contribution in [3.05, 3.63) is 34.6 Å². The van der Waals surface area contributed by atoms with Gasteiger partial charge >= 0.3 is 5.97 Å². The molecule has 1 N–H and O–H groups in total. The van der Waals surface area contributed by atoms with Gasteiger partial charge in [-0.2, -0.15) is 5.10 Å². The van der Waals surface area contributed by atoms with Gasteiger partial charge in [-0.15, -0.1) is 0 Å². The van der Waals surface area contributed by atoms with E-state index >= 15 is 0 Å². The number of fused-ring (bicyclic) bond motifs is 1. The second-order valence-corrected chi connectivity index (χ2v) is 4.98. The third-order valence-corrected chi connectivity index (χ3v) is 3.55. The van der Waals surface area contributed by atoms with Crippen LogP contribution in [0, 0.1) is 0 Å². The summed E-state index contributed by atoms with van der Waals surface area (Å²) in [5.74, 6) is 0.165. The standard InChI is InChI=1S/C14H13ClN2O4/c1-2-3-9-12(14(18)19)13(15)17(16-9)8-4-5-10-11(6-8)21-7-20-10/h4-6H,2-3,7H2,1H3,(H,18,19). The molecule has 110 valence electrons. The van der Waals surface area contributed by atoms with E-state index in [1.807, 2.05) is 6.92 Å². The van der Waals surface area contributed by atoms with Gasteiger partial charge in [0.15, 0.2) is 11.5 Å². The molecule has 0 atom stereocenters. The van der Waals surface area contributed by atoms with Gasteiger partial charge < -0.3 is 14.6 Å². The van der Waals surface area contributed by atoms with Crippen LogP contribution in [-0.2, 0) is 6.42 Å². The summed E-state index contributed by atoms with van der Waals surface area (Å²) in [4.78, 5) is 11.4. The lowest BCUT2D eigenvalue weighted by Crippen LogP contribution is -2.00. The number of hydrogen-bond acceptors (Lipinski definition) is 4. The van der Waals surface area contributed by atoms with Crippen LogP contribution in [0.15, 0.2) is 18.2 Å². The largest absolute Gasteiger partial charge is 0.478 e.